The van der Waals surface area contributed by atoms with E-state index in [2.05, 4.69) is 41.9 Å². The maximum Gasteiger partial charge on any atom is 0.411 e. The number of unbranched alkanes of at least 4 members (excludes halogenated alkanes) is 2. The van der Waals surface area contributed by atoms with Crippen molar-refractivity contribution in [1.82, 2.24) is 21.3 Å². The molecule has 0 heterocycles. The zero-order valence-corrected chi connectivity index (χ0v) is 37.8. The number of aliphatic hydroxyl groups excluding tert-OH is 1. The SMILES string of the molecule is CC(C)(C)OC(=O)NCCCC[C@H](NC(=O)C1CCCC1)C(=O)CBr.CC(C)(C)OC(=O)NCCCC[C@H](NC(=O)C1CCCC1)C(=O)COCC(F)(F)F.OCC(F)(F)F. The molecule has 61 heavy (non-hydrogen) atoms. The molecule has 2 fully saturated rings. The van der Waals surface area contributed by atoms with E-state index in [4.69, 9.17) is 14.6 Å². The van der Waals surface area contributed by atoms with E-state index in [-0.39, 0.29) is 41.2 Å². The van der Waals surface area contributed by atoms with Crippen molar-refractivity contribution in [3.05, 3.63) is 0 Å². The number of amides is 4. The molecule has 0 spiro atoms. The monoisotopic (exact) mass is 956 g/mol. The number of hydrogen-bond acceptors (Lipinski definition) is 10. The Morgan fingerprint density at radius 1 is 0.623 bits per heavy atom. The first-order chi connectivity index (χ1) is 28.2. The number of ether oxygens (including phenoxy) is 3. The average molecular weight is 958 g/mol. The van der Waals surface area contributed by atoms with E-state index >= 15 is 0 Å². The molecule has 0 bridgehead atoms. The lowest BCUT2D eigenvalue weighted by Crippen LogP contribution is -2.45. The van der Waals surface area contributed by atoms with Crippen molar-refractivity contribution >= 4 is 51.5 Å². The zero-order valence-electron chi connectivity index (χ0n) is 36.2. The maximum absolute atomic E-state index is 12.3. The molecule has 2 saturated carbocycles. The first-order valence-corrected chi connectivity index (χ1v) is 21.8. The van der Waals surface area contributed by atoms with Gasteiger partial charge < -0.3 is 40.6 Å². The minimum atomic E-state index is -4.52. The number of ketones is 2. The Hall–Kier alpha value is -3.20. The summed E-state index contributed by atoms with van der Waals surface area (Å²) in [5, 5.41) is 18.4. The third-order valence-electron chi connectivity index (χ3n) is 8.86. The summed E-state index contributed by atoms with van der Waals surface area (Å²) in [7, 11) is 0. The molecule has 21 heteroatoms. The van der Waals surface area contributed by atoms with Gasteiger partial charge in [-0.05, 0) is 106 Å². The number of hydrogen-bond donors (Lipinski definition) is 5. The number of halogens is 7. The minimum Gasteiger partial charge on any atom is -0.444 e. The van der Waals surface area contributed by atoms with Crippen LogP contribution < -0.4 is 21.3 Å². The van der Waals surface area contributed by atoms with Gasteiger partial charge in [0.25, 0.3) is 0 Å². The molecular weight excluding hydrogens is 890 g/mol. The summed E-state index contributed by atoms with van der Waals surface area (Å²) in [6.07, 6.45) is 0.797. The van der Waals surface area contributed by atoms with Gasteiger partial charge in [0.05, 0.1) is 17.4 Å². The lowest BCUT2D eigenvalue weighted by molar-refractivity contribution is -0.175. The molecule has 0 aromatic heterocycles. The largest absolute Gasteiger partial charge is 0.444 e. The fourth-order valence-corrected chi connectivity index (χ4v) is 6.39. The topological polar surface area (TPSA) is 198 Å². The highest BCUT2D eigenvalue weighted by Crippen LogP contribution is 2.26. The molecule has 0 aliphatic heterocycles. The average Bonchev–Trinajstić information content (AvgIpc) is 3.87. The molecule has 5 N–H and O–H groups in total. The summed E-state index contributed by atoms with van der Waals surface area (Å²) in [6, 6.07) is -1.36. The molecule has 2 rings (SSSR count). The third kappa shape index (κ3) is 32.2. The van der Waals surface area contributed by atoms with Crippen LogP contribution in [0.15, 0.2) is 0 Å². The van der Waals surface area contributed by atoms with Crippen LogP contribution in [0.5, 0.6) is 0 Å². The number of Topliss-reactive ketones (excluding diaryl/α,β-unsaturated/α-hetero) is 2. The smallest absolute Gasteiger partial charge is 0.411 e. The number of alkyl halides is 7. The van der Waals surface area contributed by atoms with Crippen LogP contribution in [-0.2, 0) is 33.4 Å². The highest BCUT2D eigenvalue weighted by atomic mass is 79.9. The van der Waals surface area contributed by atoms with Gasteiger partial charge in [-0.3, -0.25) is 19.2 Å². The standard InChI is InChI=1S/C20H33F3N2O5.C18H31BrN2O4.C2H3F3O/c1-19(2,3)30-18(28)24-11-7-6-10-15(16(26)12-29-13-20(21,22)23)25-17(27)14-8-4-5-9-14;1-18(2,3)25-17(24)20-11-7-6-10-14(15(22)12-19)21-16(23)13-8-4-5-9-13;3-2(4,5)1-6/h14-15H,4-13H2,1-3H3,(H,24,28)(H,25,27);13-14H,4-12H2,1-3H3,(H,20,24)(H,21,23);6H,1H2/t15-;14-;/m00./s1. The Labute approximate surface area is 363 Å². The van der Waals surface area contributed by atoms with Gasteiger partial charge in [-0.2, -0.15) is 26.3 Å². The number of nitrogens with one attached hydrogen (secondary N) is 4. The Bertz CT molecular complexity index is 1330. The minimum absolute atomic E-state index is 0.00341. The van der Waals surface area contributed by atoms with E-state index in [1.165, 1.54) is 0 Å². The highest BCUT2D eigenvalue weighted by Gasteiger charge is 2.31. The summed E-state index contributed by atoms with van der Waals surface area (Å²) in [5.74, 6) is -0.945. The zero-order chi connectivity index (χ0) is 46.9. The number of aliphatic hydroxyl groups is 1. The van der Waals surface area contributed by atoms with Crippen molar-refractivity contribution in [1.29, 1.82) is 0 Å². The van der Waals surface area contributed by atoms with Crippen LogP contribution in [0.2, 0.25) is 0 Å². The van der Waals surface area contributed by atoms with Crippen LogP contribution >= 0.6 is 15.9 Å². The number of alkyl carbamates (subject to hydrolysis) is 2. The highest BCUT2D eigenvalue weighted by molar-refractivity contribution is 9.09. The summed E-state index contributed by atoms with van der Waals surface area (Å²) in [4.78, 5) is 72.1. The van der Waals surface area contributed by atoms with Crippen LogP contribution in [0.4, 0.5) is 35.9 Å². The van der Waals surface area contributed by atoms with E-state index in [0.717, 1.165) is 64.2 Å². The lowest BCUT2D eigenvalue weighted by atomic mass is 10.0. The fraction of sp³-hybridized carbons (Fsp3) is 0.850. The van der Waals surface area contributed by atoms with E-state index < -0.39 is 73.4 Å². The van der Waals surface area contributed by atoms with Crippen molar-refractivity contribution in [3.8, 4) is 0 Å². The van der Waals surface area contributed by atoms with E-state index in [1.54, 1.807) is 20.8 Å². The van der Waals surface area contributed by atoms with Gasteiger partial charge >= 0.3 is 24.5 Å². The maximum atomic E-state index is 12.3. The van der Waals surface area contributed by atoms with Crippen LogP contribution in [0.25, 0.3) is 0 Å². The molecule has 4 amide bonds. The van der Waals surface area contributed by atoms with Gasteiger partial charge in [0.15, 0.2) is 11.6 Å². The van der Waals surface area contributed by atoms with Crippen LogP contribution in [0, 0.1) is 11.8 Å². The normalized spacial score (nSPS) is 15.8. The van der Waals surface area contributed by atoms with Gasteiger partial charge in [-0.15, -0.1) is 0 Å². The summed E-state index contributed by atoms with van der Waals surface area (Å²) >= 11 is 3.18. The number of carbonyl (C=O) groups is 6. The molecular formula is C40H67BrF6N4O10. The van der Waals surface area contributed by atoms with Crippen LogP contribution in [0.1, 0.15) is 131 Å². The van der Waals surface area contributed by atoms with Gasteiger partial charge in [-0.25, -0.2) is 9.59 Å². The Kier molecular flexibility index (Phi) is 27.7. The van der Waals surface area contributed by atoms with Gasteiger partial charge in [0, 0.05) is 24.9 Å². The molecule has 2 aliphatic rings. The first-order valence-electron chi connectivity index (χ1n) is 20.6. The molecule has 0 radical (unpaired) electrons. The first kappa shape index (κ1) is 57.8. The second-order valence-electron chi connectivity index (χ2n) is 16.9. The summed E-state index contributed by atoms with van der Waals surface area (Å²) in [5.41, 5.74) is -1.12. The molecule has 0 aromatic carbocycles. The summed E-state index contributed by atoms with van der Waals surface area (Å²) < 4.78 is 83.0. The predicted octanol–water partition coefficient (Wildman–Crippen LogP) is 7.37. The van der Waals surface area contributed by atoms with Gasteiger partial charge in [0.1, 0.15) is 31.0 Å². The molecule has 14 nitrogen and oxygen atoms in total. The van der Waals surface area contributed by atoms with E-state index in [0.29, 0.717) is 32.4 Å². The summed E-state index contributed by atoms with van der Waals surface area (Å²) in [6.45, 7) is 7.53. The molecule has 356 valence electrons. The molecule has 2 atom stereocenters. The quantitative estimate of drug-likeness (QED) is 0.0467. The van der Waals surface area contributed by atoms with Gasteiger partial charge in [-0.1, -0.05) is 41.6 Å². The van der Waals surface area contributed by atoms with Gasteiger partial charge in [0.2, 0.25) is 11.8 Å². The molecule has 0 aromatic rings. The van der Waals surface area contributed by atoms with Crippen molar-refractivity contribution in [2.75, 3.05) is 38.2 Å². The number of carbonyl (C=O) groups excluding carboxylic acids is 6. The van der Waals surface area contributed by atoms with E-state index in [9.17, 15) is 55.1 Å². The molecule has 0 unspecified atom stereocenters. The predicted molar refractivity (Wildman–Crippen MR) is 218 cm³/mol. The number of rotatable bonds is 20. The Morgan fingerprint density at radius 2 is 0.984 bits per heavy atom. The molecule has 2 aliphatic carbocycles. The fourth-order valence-electron chi connectivity index (χ4n) is 6.00. The van der Waals surface area contributed by atoms with Crippen molar-refractivity contribution < 1.29 is 74.4 Å². The van der Waals surface area contributed by atoms with Crippen molar-refractivity contribution in [2.24, 2.45) is 11.8 Å². The van der Waals surface area contributed by atoms with Crippen LogP contribution in [-0.4, -0.2) is 115 Å². The second-order valence-corrected chi connectivity index (χ2v) is 17.4. The van der Waals surface area contributed by atoms with Crippen molar-refractivity contribution in [2.45, 2.75) is 167 Å². The third-order valence-corrected chi connectivity index (χ3v) is 9.41. The van der Waals surface area contributed by atoms with Crippen molar-refractivity contribution in [3.63, 3.8) is 0 Å². The second kappa shape index (κ2) is 29.2. The van der Waals surface area contributed by atoms with E-state index in [1.807, 2.05) is 20.8 Å². The Morgan fingerprint density at radius 3 is 1.30 bits per heavy atom. The molecule has 0 saturated heterocycles. The lowest BCUT2D eigenvalue weighted by Gasteiger charge is -2.21. The van der Waals surface area contributed by atoms with Crippen LogP contribution in [0.3, 0.4) is 0 Å². The Balaban J connectivity index is 0.00000105.